The highest BCUT2D eigenvalue weighted by atomic mass is 16.3. The zero-order valence-electron chi connectivity index (χ0n) is 17.1. The van der Waals surface area contributed by atoms with Crippen LogP contribution in [0.5, 0.6) is 0 Å². The largest absolute Gasteiger partial charge is 0.503 e. The van der Waals surface area contributed by atoms with Crippen LogP contribution in [0.4, 0.5) is 0 Å². The Balaban J connectivity index is 1.70. The van der Waals surface area contributed by atoms with Crippen LogP contribution in [0.1, 0.15) is 43.4 Å². The van der Waals surface area contributed by atoms with Crippen molar-refractivity contribution in [3.8, 4) is 0 Å². The van der Waals surface area contributed by atoms with Crippen molar-refractivity contribution in [3.05, 3.63) is 83.3 Å². The molecule has 0 saturated heterocycles. The van der Waals surface area contributed by atoms with E-state index < -0.39 is 17.7 Å². The number of aryl methyl sites for hydroxylation is 1. The van der Waals surface area contributed by atoms with Crippen molar-refractivity contribution in [1.29, 1.82) is 0 Å². The second-order valence-corrected chi connectivity index (χ2v) is 7.72. The Kier molecular flexibility index (Phi) is 5.70. The van der Waals surface area contributed by atoms with E-state index in [1.165, 1.54) is 0 Å². The molecule has 1 atom stereocenters. The first-order chi connectivity index (χ1) is 14.6. The number of aliphatic hydroxyl groups excluding tert-OH is 1. The van der Waals surface area contributed by atoms with E-state index in [0.29, 0.717) is 13.0 Å². The van der Waals surface area contributed by atoms with Gasteiger partial charge in [0.05, 0.1) is 11.6 Å². The average molecular weight is 402 g/mol. The van der Waals surface area contributed by atoms with Crippen molar-refractivity contribution in [2.75, 3.05) is 6.54 Å². The minimum atomic E-state index is -0.566. The van der Waals surface area contributed by atoms with E-state index >= 15 is 0 Å². The third-order valence-corrected chi connectivity index (χ3v) is 5.76. The first kappa shape index (κ1) is 20.0. The van der Waals surface area contributed by atoms with Crippen molar-refractivity contribution in [3.63, 3.8) is 0 Å². The minimum absolute atomic E-state index is 0.181. The quantitative estimate of drug-likeness (QED) is 0.565. The first-order valence-corrected chi connectivity index (χ1v) is 10.5. The van der Waals surface area contributed by atoms with Crippen LogP contribution >= 0.6 is 0 Å². The van der Waals surface area contributed by atoms with Gasteiger partial charge in [-0.2, -0.15) is 0 Å². The third kappa shape index (κ3) is 3.63. The Labute approximate surface area is 176 Å². The maximum absolute atomic E-state index is 13.2. The fourth-order valence-corrected chi connectivity index (χ4v) is 4.18. The number of ketones is 1. The molecule has 3 aromatic rings. The van der Waals surface area contributed by atoms with E-state index in [1.807, 2.05) is 60.8 Å². The number of rotatable bonds is 8. The fraction of sp³-hybridized carbons (Fsp3) is 0.280. The van der Waals surface area contributed by atoms with Gasteiger partial charge in [0.1, 0.15) is 0 Å². The van der Waals surface area contributed by atoms with Gasteiger partial charge < -0.3 is 15.0 Å². The van der Waals surface area contributed by atoms with Gasteiger partial charge in [-0.25, -0.2) is 0 Å². The Morgan fingerprint density at radius 3 is 2.60 bits per heavy atom. The van der Waals surface area contributed by atoms with E-state index in [-0.39, 0.29) is 17.8 Å². The van der Waals surface area contributed by atoms with E-state index in [1.54, 1.807) is 4.90 Å². The van der Waals surface area contributed by atoms with Crippen molar-refractivity contribution in [2.24, 2.45) is 0 Å². The highest BCUT2D eigenvalue weighted by Gasteiger charge is 2.43. The highest BCUT2D eigenvalue weighted by molar-refractivity contribution is 6.09. The SMILES string of the molecule is CCCCN1C(=O)C(O)=C(C(=O)CCc2ccccc2)C1c1c[nH]c2ccccc12. The van der Waals surface area contributed by atoms with E-state index in [2.05, 4.69) is 11.9 Å². The van der Waals surface area contributed by atoms with Gasteiger partial charge in [-0.05, 0) is 24.5 Å². The molecule has 0 bridgehead atoms. The molecule has 1 aliphatic rings. The molecule has 4 rings (SSSR count). The summed E-state index contributed by atoms with van der Waals surface area (Å²) in [5.74, 6) is -1.04. The molecule has 0 fully saturated rings. The summed E-state index contributed by atoms with van der Waals surface area (Å²) in [4.78, 5) is 31.0. The lowest BCUT2D eigenvalue weighted by molar-refractivity contribution is -0.129. The number of nitrogens with zero attached hydrogens (tertiary/aromatic N) is 1. The van der Waals surface area contributed by atoms with Crippen molar-refractivity contribution in [2.45, 2.75) is 38.6 Å². The molecule has 1 aliphatic heterocycles. The zero-order valence-corrected chi connectivity index (χ0v) is 17.1. The van der Waals surface area contributed by atoms with E-state index in [9.17, 15) is 14.7 Å². The van der Waals surface area contributed by atoms with Crippen LogP contribution in [0.25, 0.3) is 10.9 Å². The number of carbonyl (C=O) groups excluding carboxylic acids is 2. The molecular weight excluding hydrogens is 376 g/mol. The molecule has 0 radical (unpaired) electrons. The number of unbranched alkanes of at least 4 members (excludes halogenated alkanes) is 1. The number of aliphatic hydroxyl groups is 1. The fourth-order valence-electron chi connectivity index (χ4n) is 4.18. The summed E-state index contributed by atoms with van der Waals surface area (Å²) in [5.41, 5.74) is 3.07. The average Bonchev–Trinajstić information content (AvgIpc) is 3.30. The molecule has 1 unspecified atom stereocenters. The maximum Gasteiger partial charge on any atom is 0.290 e. The Morgan fingerprint density at radius 2 is 1.83 bits per heavy atom. The van der Waals surface area contributed by atoms with Crippen LogP contribution in [-0.2, 0) is 16.0 Å². The molecule has 1 aromatic heterocycles. The van der Waals surface area contributed by atoms with Gasteiger partial charge >= 0.3 is 0 Å². The molecule has 0 aliphatic carbocycles. The van der Waals surface area contributed by atoms with Crippen molar-refractivity contribution < 1.29 is 14.7 Å². The minimum Gasteiger partial charge on any atom is -0.503 e. The molecule has 30 heavy (non-hydrogen) atoms. The Hall–Kier alpha value is -3.34. The number of para-hydroxylation sites is 1. The summed E-state index contributed by atoms with van der Waals surface area (Å²) in [7, 11) is 0. The molecular formula is C25H26N2O3. The number of hydrogen-bond donors (Lipinski definition) is 2. The summed E-state index contributed by atoms with van der Waals surface area (Å²) < 4.78 is 0. The molecule has 2 aromatic carbocycles. The number of carbonyl (C=O) groups is 2. The van der Waals surface area contributed by atoms with Crippen LogP contribution < -0.4 is 0 Å². The van der Waals surface area contributed by atoms with Gasteiger partial charge in [0.25, 0.3) is 5.91 Å². The molecule has 0 saturated carbocycles. The number of H-pyrrole nitrogens is 1. The van der Waals surface area contributed by atoms with Crippen molar-refractivity contribution >= 4 is 22.6 Å². The van der Waals surface area contributed by atoms with Gasteiger partial charge in [0.2, 0.25) is 0 Å². The lowest BCUT2D eigenvalue weighted by atomic mass is 9.93. The number of aromatic nitrogens is 1. The van der Waals surface area contributed by atoms with Crippen molar-refractivity contribution in [1.82, 2.24) is 9.88 Å². The third-order valence-electron chi connectivity index (χ3n) is 5.76. The zero-order chi connectivity index (χ0) is 21.1. The van der Waals surface area contributed by atoms with Gasteiger partial charge in [0.15, 0.2) is 11.5 Å². The molecule has 154 valence electrons. The summed E-state index contributed by atoms with van der Waals surface area (Å²) in [5, 5.41) is 11.7. The number of nitrogens with one attached hydrogen (secondary N) is 1. The lowest BCUT2D eigenvalue weighted by Crippen LogP contribution is -2.32. The van der Waals surface area contributed by atoms with E-state index in [0.717, 1.165) is 34.9 Å². The second kappa shape index (κ2) is 8.57. The summed E-state index contributed by atoms with van der Waals surface area (Å²) in [6.07, 6.45) is 4.40. The summed E-state index contributed by atoms with van der Waals surface area (Å²) in [6, 6.07) is 17.0. The van der Waals surface area contributed by atoms with Crippen LogP contribution in [-0.4, -0.2) is 33.2 Å². The normalized spacial score (nSPS) is 16.6. The second-order valence-electron chi connectivity index (χ2n) is 7.72. The smallest absolute Gasteiger partial charge is 0.290 e. The number of amides is 1. The predicted octanol–water partition coefficient (Wildman–Crippen LogP) is 4.87. The van der Waals surface area contributed by atoms with Gasteiger partial charge in [-0.3, -0.25) is 9.59 Å². The standard InChI is InChI=1S/C25H26N2O3/c1-2-3-15-27-23(19-16-26-20-12-8-7-11-18(19)20)22(24(29)25(27)30)21(28)14-13-17-9-5-4-6-10-17/h4-12,16,23,26,29H,2-3,13-15H2,1H3. The molecule has 2 N–H and O–H groups in total. The number of aromatic amines is 1. The Morgan fingerprint density at radius 1 is 1.10 bits per heavy atom. The summed E-state index contributed by atoms with van der Waals surface area (Å²) in [6.45, 7) is 2.56. The van der Waals surface area contributed by atoms with Crippen LogP contribution in [0.3, 0.4) is 0 Å². The number of hydrogen-bond acceptors (Lipinski definition) is 3. The molecule has 5 nitrogen and oxygen atoms in total. The number of benzene rings is 2. The van der Waals surface area contributed by atoms with Crippen LogP contribution in [0.2, 0.25) is 0 Å². The molecule has 5 heteroatoms. The van der Waals surface area contributed by atoms with E-state index in [4.69, 9.17) is 0 Å². The Bertz CT molecular complexity index is 1100. The maximum atomic E-state index is 13.2. The van der Waals surface area contributed by atoms with Crippen LogP contribution in [0.15, 0.2) is 72.1 Å². The predicted molar refractivity (Wildman–Crippen MR) is 117 cm³/mol. The van der Waals surface area contributed by atoms with Gasteiger partial charge in [-0.1, -0.05) is 61.9 Å². The highest BCUT2D eigenvalue weighted by Crippen LogP contribution is 2.41. The topological polar surface area (TPSA) is 73.4 Å². The monoisotopic (exact) mass is 402 g/mol. The molecule has 1 amide bonds. The van der Waals surface area contributed by atoms with Gasteiger partial charge in [0, 0.05) is 35.6 Å². The number of fused-ring (bicyclic) bond motifs is 1. The summed E-state index contributed by atoms with van der Waals surface area (Å²) >= 11 is 0. The molecule has 2 heterocycles. The molecule has 0 spiro atoms. The first-order valence-electron chi connectivity index (χ1n) is 10.5. The van der Waals surface area contributed by atoms with Gasteiger partial charge in [-0.15, -0.1) is 0 Å². The lowest BCUT2D eigenvalue weighted by Gasteiger charge is -2.26. The number of Topliss-reactive ketones (excluding diaryl/α,β-unsaturated/α-hetero) is 1. The van der Waals surface area contributed by atoms with Crippen LogP contribution in [0, 0.1) is 0 Å².